The Kier molecular flexibility index (Phi) is 8.83. The Morgan fingerprint density at radius 2 is 1.75 bits per heavy atom. The van der Waals surface area contributed by atoms with Crippen molar-refractivity contribution in [1.82, 2.24) is 20.9 Å². The highest BCUT2D eigenvalue weighted by atomic mass is 16.4. The summed E-state index contributed by atoms with van der Waals surface area (Å²) in [5.41, 5.74) is 5.89. The molecule has 0 unspecified atom stereocenters. The number of nitrogens with one attached hydrogen (secondary N) is 3. The second-order valence-electron chi connectivity index (χ2n) is 7.08. The molecule has 1 saturated heterocycles. The molecule has 1 fully saturated rings. The number of carboxylic acids is 1. The van der Waals surface area contributed by atoms with E-state index in [1.54, 1.807) is 0 Å². The van der Waals surface area contributed by atoms with E-state index in [-0.39, 0.29) is 18.4 Å². The third-order valence-corrected chi connectivity index (χ3v) is 4.45. The minimum absolute atomic E-state index is 0.0589. The molecule has 11 heteroatoms. The van der Waals surface area contributed by atoms with Crippen molar-refractivity contribution < 1.29 is 29.1 Å². The summed E-state index contributed by atoms with van der Waals surface area (Å²) in [6.07, 6.45) is 1.15. The third kappa shape index (κ3) is 6.80. The first kappa shape index (κ1) is 23.3. The lowest BCUT2D eigenvalue weighted by Gasteiger charge is -2.28. The van der Waals surface area contributed by atoms with Gasteiger partial charge in [-0.3, -0.25) is 24.0 Å². The van der Waals surface area contributed by atoms with Crippen LogP contribution >= 0.6 is 0 Å². The van der Waals surface area contributed by atoms with E-state index in [1.807, 2.05) is 13.8 Å². The fourth-order valence-electron chi connectivity index (χ4n) is 2.74. The molecule has 1 heterocycles. The van der Waals surface area contributed by atoms with Crippen molar-refractivity contribution in [2.75, 3.05) is 19.6 Å². The van der Waals surface area contributed by atoms with Gasteiger partial charge in [-0.15, -0.1) is 0 Å². The molecule has 0 aliphatic carbocycles. The van der Waals surface area contributed by atoms with E-state index in [4.69, 9.17) is 10.8 Å². The normalized spacial score (nSPS) is 18.3. The molecule has 1 aliphatic heterocycles. The van der Waals surface area contributed by atoms with Gasteiger partial charge in [-0.25, -0.2) is 0 Å². The van der Waals surface area contributed by atoms with Crippen LogP contribution in [0.2, 0.25) is 0 Å². The first-order chi connectivity index (χ1) is 13.0. The molecule has 158 valence electrons. The zero-order valence-electron chi connectivity index (χ0n) is 16.4. The lowest BCUT2D eigenvalue weighted by atomic mass is 10.0. The van der Waals surface area contributed by atoms with E-state index in [2.05, 4.69) is 16.0 Å². The molecule has 0 spiro atoms. The summed E-state index contributed by atoms with van der Waals surface area (Å²) >= 11 is 0. The first-order valence-electron chi connectivity index (χ1n) is 9.17. The van der Waals surface area contributed by atoms with Crippen molar-refractivity contribution in [2.45, 2.75) is 51.7 Å². The average Bonchev–Trinajstić information content (AvgIpc) is 3.12. The van der Waals surface area contributed by atoms with Crippen LogP contribution in [0.1, 0.15) is 33.6 Å². The topological polar surface area (TPSA) is 171 Å². The maximum absolute atomic E-state index is 12.4. The number of hydrogen-bond acceptors (Lipinski definition) is 6. The van der Waals surface area contributed by atoms with Gasteiger partial charge in [-0.2, -0.15) is 0 Å². The third-order valence-electron chi connectivity index (χ3n) is 4.45. The molecule has 28 heavy (non-hydrogen) atoms. The number of nitrogens with zero attached hydrogens (tertiary/aromatic N) is 1. The van der Waals surface area contributed by atoms with Crippen LogP contribution in [0.4, 0.5) is 0 Å². The highest BCUT2D eigenvalue weighted by molar-refractivity contribution is 5.93. The van der Waals surface area contributed by atoms with Gasteiger partial charge in [0.15, 0.2) is 0 Å². The van der Waals surface area contributed by atoms with Gasteiger partial charge >= 0.3 is 5.97 Å². The van der Waals surface area contributed by atoms with E-state index in [9.17, 15) is 24.0 Å². The second kappa shape index (κ2) is 10.6. The van der Waals surface area contributed by atoms with Crippen LogP contribution < -0.4 is 21.7 Å². The number of carboxylic acid groups (broad SMARTS) is 1. The van der Waals surface area contributed by atoms with Gasteiger partial charge in [0.1, 0.15) is 18.6 Å². The summed E-state index contributed by atoms with van der Waals surface area (Å²) in [6, 6.07) is -2.33. The van der Waals surface area contributed by atoms with Gasteiger partial charge in [-0.05, 0) is 25.7 Å². The van der Waals surface area contributed by atoms with Crippen LogP contribution in [0.15, 0.2) is 0 Å². The molecule has 1 rings (SSSR count). The van der Waals surface area contributed by atoms with Gasteiger partial charge in [0, 0.05) is 6.54 Å². The van der Waals surface area contributed by atoms with Crippen molar-refractivity contribution in [3.05, 3.63) is 0 Å². The van der Waals surface area contributed by atoms with E-state index in [1.165, 1.54) is 11.8 Å². The van der Waals surface area contributed by atoms with Crippen LogP contribution in [-0.2, 0) is 24.0 Å². The monoisotopic (exact) mass is 399 g/mol. The largest absolute Gasteiger partial charge is 0.480 e. The summed E-state index contributed by atoms with van der Waals surface area (Å²) in [5.74, 6) is -3.28. The van der Waals surface area contributed by atoms with Crippen LogP contribution in [0.3, 0.4) is 0 Å². The average molecular weight is 399 g/mol. The molecular weight excluding hydrogens is 370 g/mol. The Hall–Kier alpha value is -2.69. The molecule has 0 saturated carbocycles. The number of aliphatic carboxylic acids is 1. The molecule has 0 radical (unpaired) electrons. The van der Waals surface area contributed by atoms with Crippen LogP contribution in [-0.4, -0.2) is 77.4 Å². The Morgan fingerprint density at radius 3 is 2.32 bits per heavy atom. The number of amides is 4. The molecule has 6 N–H and O–H groups in total. The standard InChI is InChI=1S/C17H29N5O6/c1-9(2)14(18)17(28)22-6-4-5-11(22)16(27)19-7-12(23)21-10(3)15(26)20-8-13(24)25/h9-11,14H,4-8,18H2,1-3H3,(H,19,27)(H,20,26)(H,21,23)(H,24,25)/t10-,11-,14-/m0/s1. The van der Waals surface area contributed by atoms with Crippen molar-refractivity contribution >= 4 is 29.6 Å². The number of carbonyl (C=O) groups excluding carboxylic acids is 4. The predicted molar refractivity (Wildman–Crippen MR) is 98.8 cm³/mol. The molecule has 3 atom stereocenters. The van der Waals surface area contributed by atoms with Gasteiger partial charge in [-0.1, -0.05) is 13.8 Å². The quantitative estimate of drug-likeness (QED) is 0.292. The highest BCUT2D eigenvalue weighted by Crippen LogP contribution is 2.19. The summed E-state index contributed by atoms with van der Waals surface area (Å²) in [6.45, 7) is 4.55. The lowest BCUT2D eigenvalue weighted by molar-refractivity contribution is -0.140. The van der Waals surface area contributed by atoms with Crippen LogP contribution in [0, 0.1) is 5.92 Å². The van der Waals surface area contributed by atoms with E-state index in [0.717, 1.165) is 0 Å². The minimum atomic E-state index is -1.20. The van der Waals surface area contributed by atoms with Crippen molar-refractivity contribution in [1.29, 1.82) is 0 Å². The summed E-state index contributed by atoms with van der Waals surface area (Å²) < 4.78 is 0. The Balaban J connectivity index is 2.50. The van der Waals surface area contributed by atoms with Gasteiger partial charge in [0.2, 0.25) is 23.6 Å². The van der Waals surface area contributed by atoms with Gasteiger partial charge < -0.3 is 31.7 Å². The minimum Gasteiger partial charge on any atom is -0.480 e. The van der Waals surface area contributed by atoms with Gasteiger partial charge in [0.05, 0.1) is 12.6 Å². The smallest absolute Gasteiger partial charge is 0.322 e. The molecule has 0 bridgehead atoms. The maximum Gasteiger partial charge on any atom is 0.322 e. The molecule has 0 aromatic carbocycles. The fourth-order valence-corrected chi connectivity index (χ4v) is 2.74. The van der Waals surface area contributed by atoms with Crippen molar-refractivity contribution in [2.24, 2.45) is 11.7 Å². The molecule has 4 amide bonds. The van der Waals surface area contributed by atoms with Crippen LogP contribution in [0.5, 0.6) is 0 Å². The number of likely N-dealkylation sites (tertiary alicyclic amines) is 1. The zero-order valence-corrected chi connectivity index (χ0v) is 16.4. The van der Waals surface area contributed by atoms with E-state index < -0.39 is 48.4 Å². The molecule has 1 aliphatic rings. The predicted octanol–water partition coefficient (Wildman–Crippen LogP) is -2.22. The van der Waals surface area contributed by atoms with E-state index in [0.29, 0.717) is 19.4 Å². The second-order valence-corrected chi connectivity index (χ2v) is 7.08. The van der Waals surface area contributed by atoms with Gasteiger partial charge in [0.25, 0.3) is 0 Å². The molecular formula is C17H29N5O6. The number of nitrogens with two attached hydrogens (primary N) is 1. The first-order valence-corrected chi connectivity index (χ1v) is 9.17. The Morgan fingerprint density at radius 1 is 1.11 bits per heavy atom. The Labute approximate surface area is 163 Å². The number of rotatable bonds is 9. The fraction of sp³-hybridized carbons (Fsp3) is 0.706. The lowest BCUT2D eigenvalue weighted by Crippen LogP contribution is -2.54. The Bertz CT molecular complexity index is 623. The van der Waals surface area contributed by atoms with Crippen molar-refractivity contribution in [3.8, 4) is 0 Å². The molecule has 11 nitrogen and oxygen atoms in total. The van der Waals surface area contributed by atoms with E-state index >= 15 is 0 Å². The number of hydrogen-bond donors (Lipinski definition) is 5. The maximum atomic E-state index is 12.4. The summed E-state index contributed by atoms with van der Waals surface area (Å²) in [4.78, 5) is 60.2. The highest BCUT2D eigenvalue weighted by Gasteiger charge is 2.36. The number of carbonyl (C=O) groups is 5. The summed E-state index contributed by atoms with van der Waals surface area (Å²) in [5, 5.41) is 15.5. The van der Waals surface area contributed by atoms with Crippen LogP contribution in [0.25, 0.3) is 0 Å². The zero-order chi connectivity index (χ0) is 21.4. The summed E-state index contributed by atoms with van der Waals surface area (Å²) in [7, 11) is 0. The SMILES string of the molecule is CC(C)[C@H](N)C(=O)N1CCC[C@H]1C(=O)NCC(=O)N[C@@H](C)C(=O)NCC(=O)O. The molecule has 0 aromatic rings. The molecule has 0 aromatic heterocycles. The van der Waals surface area contributed by atoms with Crippen molar-refractivity contribution in [3.63, 3.8) is 0 Å².